The third-order valence-corrected chi connectivity index (χ3v) is 1.79. The molecule has 2 aromatic rings. The normalized spacial score (nSPS) is 8.76. The molecule has 0 unspecified atom stereocenters. The number of rotatable bonds is 1. The van der Waals surface area contributed by atoms with Crippen LogP contribution in [0.3, 0.4) is 0 Å². The summed E-state index contributed by atoms with van der Waals surface area (Å²) in [5, 5.41) is 8.87. The predicted molar refractivity (Wildman–Crippen MR) is 68.8 cm³/mol. The van der Waals surface area contributed by atoms with Crippen molar-refractivity contribution in [1.29, 1.82) is 5.26 Å². The van der Waals surface area contributed by atoms with Crippen LogP contribution in [0, 0.1) is 11.3 Å². The van der Waals surface area contributed by atoms with Gasteiger partial charge in [-0.2, -0.15) is 5.26 Å². The molecule has 0 amide bonds. The van der Waals surface area contributed by atoms with Crippen LogP contribution in [0.25, 0.3) is 11.4 Å². The van der Waals surface area contributed by atoms with Crippen molar-refractivity contribution in [3.63, 3.8) is 0 Å². The lowest BCUT2D eigenvalue weighted by molar-refractivity contribution is 1.22. The average molecular weight is 266 g/mol. The maximum Gasteiger partial charge on any atom is 0.141 e. The number of aromatic nitrogens is 2. The minimum absolute atomic E-state index is 0.194. The van der Waals surface area contributed by atoms with E-state index in [1.165, 1.54) is 0 Å². The Morgan fingerprint density at radius 3 is 2.35 bits per heavy atom. The minimum atomic E-state index is 0.194. The summed E-state index contributed by atoms with van der Waals surface area (Å²) in [5.41, 5.74) is 1.92. The Morgan fingerprint density at radius 2 is 1.76 bits per heavy atom. The lowest BCUT2D eigenvalue weighted by atomic mass is 10.2. The topological polar surface area (TPSA) is 49.6 Å². The molecule has 3 nitrogen and oxygen atoms in total. The van der Waals surface area contributed by atoms with Crippen LogP contribution >= 0.6 is 23.2 Å². The van der Waals surface area contributed by atoms with Gasteiger partial charge in [0, 0.05) is 6.20 Å². The molecule has 0 fully saturated rings. The van der Waals surface area contributed by atoms with Crippen molar-refractivity contribution in [1.82, 2.24) is 9.97 Å². The highest BCUT2D eigenvalue weighted by Gasteiger charge is 1.99. The fourth-order valence-electron chi connectivity index (χ4n) is 1.15. The van der Waals surface area contributed by atoms with E-state index < -0.39 is 0 Å². The second kappa shape index (κ2) is 7.61. The third-order valence-electron chi connectivity index (χ3n) is 1.79. The first-order valence-electron chi connectivity index (χ1n) is 4.72. The Labute approximate surface area is 110 Å². The van der Waals surface area contributed by atoms with Crippen molar-refractivity contribution in [2.24, 2.45) is 0 Å². The molecule has 0 aromatic carbocycles. The summed E-state index contributed by atoms with van der Waals surface area (Å²) < 4.78 is 0. The molecular weight excluding hydrogens is 257 g/mol. The molecule has 0 aliphatic heterocycles. The van der Waals surface area contributed by atoms with Crippen molar-refractivity contribution in [2.45, 2.75) is 0 Å². The molecule has 0 saturated heterocycles. The first-order chi connectivity index (χ1) is 8.31. The van der Waals surface area contributed by atoms with Crippen LogP contribution < -0.4 is 0 Å². The number of hydrogen-bond donors (Lipinski definition) is 0. The van der Waals surface area contributed by atoms with Crippen LogP contribution in [-0.2, 0) is 0 Å². The number of pyridine rings is 2. The first kappa shape index (κ1) is 13.4. The summed E-state index contributed by atoms with van der Waals surface area (Å²) in [7, 11) is 0. The van der Waals surface area contributed by atoms with Crippen LogP contribution in [0.5, 0.6) is 0 Å². The van der Waals surface area contributed by atoms with Crippen molar-refractivity contribution in [3.8, 4) is 17.5 Å². The van der Waals surface area contributed by atoms with Gasteiger partial charge < -0.3 is 0 Å². The minimum Gasteiger partial charge on any atom is -0.255 e. The summed E-state index contributed by atoms with van der Waals surface area (Å²) in [6, 6.07) is 12.9. The van der Waals surface area contributed by atoms with Gasteiger partial charge in [-0.05, 0) is 24.3 Å². The summed E-state index contributed by atoms with van der Waals surface area (Å²) >= 11 is 9.53. The van der Waals surface area contributed by atoms with Gasteiger partial charge in [0.25, 0.3) is 0 Å². The third kappa shape index (κ3) is 4.39. The zero-order valence-electron chi connectivity index (χ0n) is 8.85. The maximum absolute atomic E-state index is 8.68. The van der Waals surface area contributed by atoms with Crippen LogP contribution in [0.4, 0.5) is 0 Å². The van der Waals surface area contributed by atoms with Gasteiger partial charge in [-0.25, -0.2) is 4.98 Å². The van der Waals surface area contributed by atoms with Gasteiger partial charge in [0.05, 0.1) is 16.7 Å². The van der Waals surface area contributed by atoms with Crippen LogP contribution in [0.2, 0.25) is 0 Å². The van der Waals surface area contributed by atoms with Gasteiger partial charge >= 0.3 is 0 Å². The zero-order chi connectivity index (χ0) is 12.5. The summed E-state index contributed by atoms with van der Waals surface area (Å²) in [6.45, 7) is 0. The lowest BCUT2D eigenvalue weighted by Crippen LogP contribution is -1.88. The SMILES string of the molecule is ClCCl.N#Cc1cccc(-c2ccccn2)n1. The Kier molecular flexibility index (Phi) is 6.02. The van der Waals surface area contributed by atoms with Crippen LogP contribution in [0.1, 0.15) is 5.69 Å². The van der Waals surface area contributed by atoms with Crippen molar-refractivity contribution >= 4 is 23.2 Å². The Morgan fingerprint density at radius 1 is 1.06 bits per heavy atom. The van der Waals surface area contributed by atoms with E-state index in [1.807, 2.05) is 30.3 Å². The van der Waals surface area contributed by atoms with E-state index in [1.54, 1.807) is 18.3 Å². The van der Waals surface area contributed by atoms with Gasteiger partial charge in [-0.1, -0.05) is 12.1 Å². The fourth-order valence-corrected chi connectivity index (χ4v) is 1.15. The molecule has 0 N–H and O–H groups in total. The smallest absolute Gasteiger partial charge is 0.141 e. The standard InChI is InChI=1S/C11H7N3.CH2Cl2/c12-8-9-4-3-6-11(14-9)10-5-1-2-7-13-10;2-1-3/h1-7H;1H2. The van der Waals surface area contributed by atoms with Crippen LogP contribution in [0.15, 0.2) is 42.6 Å². The van der Waals surface area contributed by atoms with Gasteiger partial charge in [-0.3, -0.25) is 4.98 Å². The highest BCUT2D eigenvalue weighted by molar-refractivity contribution is 6.40. The average Bonchev–Trinajstić information content (AvgIpc) is 2.41. The number of alkyl halides is 2. The number of halogens is 2. The number of nitrogens with zero attached hydrogens (tertiary/aromatic N) is 3. The van der Waals surface area contributed by atoms with Gasteiger partial charge in [0.1, 0.15) is 11.8 Å². The molecule has 0 spiro atoms. The Bertz CT molecular complexity index is 495. The molecule has 0 saturated carbocycles. The Balaban J connectivity index is 0.000000437. The Hall–Kier alpha value is -1.63. The predicted octanol–water partition coefficient (Wildman–Crippen LogP) is 3.44. The van der Waals surface area contributed by atoms with Crippen molar-refractivity contribution in [3.05, 3.63) is 48.3 Å². The lowest BCUT2D eigenvalue weighted by Gasteiger charge is -1.98. The highest BCUT2D eigenvalue weighted by Crippen LogP contribution is 2.12. The van der Waals surface area contributed by atoms with E-state index in [0.717, 1.165) is 11.4 Å². The van der Waals surface area contributed by atoms with Crippen molar-refractivity contribution < 1.29 is 0 Å². The second-order valence-electron chi connectivity index (χ2n) is 2.84. The molecule has 2 aromatic heterocycles. The molecule has 2 heterocycles. The molecule has 86 valence electrons. The second-order valence-corrected chi connectivity index (χ2v) is 3.64. The highest BCUT2D eigenvalue weighted by atomic mass is 35.5. The van der Waals surface area contributed by atoms with E-state index in [-0.39, 0.29) is 5.34 Å². The molecule has 0 aliphatic carbocycles. The number of nitriles is 1. The molecule has 0 aliphatic rings. The largest absolute Gasteiger partial charge is 0.255 e. The fraction of sp³-hybridized carbons (Fsp3) is 0.0833. The van der Waals surface area contributed by atoms with Crippen molar-refractivity contribution in [2.75, 3.05) is 5.34 Å². The number of hydrogen-bond acceptors (Lipinski definition) is 3. The quantitative estimate of drug-likeness (QED) is 0.743. The molecule has 2 rings (SSSR count). The molecule has 0 atom stereocenters. The summed E-state index contributed by atoms with van der Waals surface area (Å²) in [6.07, 6.45) is 1.70. The van der Waals surface area contributed by atoms with E-state index in [4.69, 9.17) is 28.5 Å². The molecule has 5 heteroatoms. The van der Waals surface area contributed by atoms with E-state index in [0.29, 0.717) is 5.69 Å². The molecule has 0 bridgehead atoms. The van der Waals surface area contributed by atoms with E-state index >= 15 is 0 Å². The molecule has 0 radical (unpaired) electrons. The summed E-state index contributed by atoms with van der Waals surface area (Å²) in [5.74, 6) is 0. The zero-order valence-corrected chi connectivity index (χ0v) is 10.4. The van der Waals surface area contributed by atoms with E-state index in [9.17, 15) is 0 Å². The van der Waals surface area contributed by atoms with Gasteiger partial charge in [-0.15, -0.1) is 23.2 Å². The van der Waals surface area contributed by atoms with Crippen LogP contribution in [-0.4, -0.2) is 15.3 Å². The summed E-state index contributed by atoms with van der Waals surface area (Å²) in [4.78, 5) is 8.29. The van der Waals surface area contributed by atoms with Gasteiger partial charge in [0.15, 0.2) is 0 Å². The first-order valence-corrected chi connectivity index (χ1v) is 5.79. The molecule has 17 heavy (non-hydrogen) atoms. The van der Waals surface area contributed by atoms with E-state index in [2.05, 4.69) is 9.97 Å². The monoisotopic (exact) mass is 265 g/mol. The maximum atomic E-state index is 8.68. The molecular formula is C12H9Cl2N3. The van der Waals surface area contributed by atoms with Gasteiger partial charge in [0.2, 0.25) is 0 Å².